The first-order valence-electron chi connectivity index (χ1n) is 4.04. The van der Waals surface area contributed by atoms with Crippen molar-refractivity contribution < 1.29 is 24.6 Å². The van der Waals surface area contributed by atoms with Crippen LogP contribution >= 0.6 is 0 Å². The average molecular weight is 200 g/mol. The van der Waals surface area contributed by atoms with E-state index in [2.05, 4.69) is 0 Å². The zero-order chi connectivity index (χ0) is 11.3. The van der Waals surface area contributed by atoms with E-state index in [-0.39, 0.29) is 11.5 Å². The summed E-state index contributed by atoms with van der Waals surface area (Å²) in [6.07, 6.45) is 0.799. The van der Waals surface area contributed by atoms with Gasteiger partial charge in [0.2, 0.25) is 0 Å². The van der Waals surface area contributed by atoms with Crippen LogP contribution in [0.2, 0.25) is 0 Å². The highest BCUT2D eigenvalue weighted by Gasteiger charge is 2.20. The van der Waals surface area contributed by atoms with Crippen LogP contribution in [0.1, 0.15) is 20.3 Å². The number of hydrogen-bond donors (Lipinski definition) is 2. The maximum Gasteiger partial charge on any atom is 0.376 e. The maximum atomic E-state index is 11.0. The third kappa shape index (κ3) is 4.39. The Labute approximate surface area is 81.0 Å². The van der Waals surface area contributed by atoms with Crippen molar-refractivity contribution in [3.05, 3.63) is 11.6 Å². The van der Waals surface area contributed by atoms with Gasteiger partial charge in [-0.1, -0.05) is 19.9 Å². The molecule has 0 aromatic carbocycles. The van der Waals surface area contributed by atoms with Gasteiger partial charge in [-0.05, 0) is 5.92 Å². The van der Waals surface area contributed by atoms with Crippen LogP contribution in [0.25, 0.3) is 0 Å². The Morgan fingerprint density at radius 2 is 1.71 bits per heavy atom. The largest absolute Gasteiger partial charge is 0.481 e. The second-order valence-electron chi connectivity index (χ2n) is 3.14. The topological polar surface area (TPSA) is 91.7 Å². The summed E-state index contributed by atoms with van der Waals surface area (Å²) in [5.74, 6) is -4.06. The molecule has 0 unspecified atom stereocenters. The normalized spacial score (nSPS) is 11.5. The molecule has 78 valence electrons. The Morgan fingerprint density at radius 3 is 2.00 bits per heavy atom. The SMILES string of the molecule is CC(C)/C=C(\CC(=O)O)C(=O)C(=O)O. The highest BCUT2D eigenvalue weighted by Crippen LogP contribution is 2.08. The molecule has 5 nitrogen and oxygen atoms in total. The van der Waals surface area contributed by atoms with E-state index in [4.69, 9.17) is 10.2 Å². The van der Waals surface area contributed by atoms with Gasteiger partial charge < -0.3 is 10.2 Å². The Kier molecular flexibility index (Phi) is 4.55. The maximum absolute atomic E-state index is 11.0. The number of ketones is 1. The number of carbonyl (C=O) groups excluding carboxylic acids is 1. The summed E-state index contributed by atoms with van der Waals surface area (Å²) in [6.45, 7) is 3.47. The molecular formula is C9H12O5. The van der Waals surface area contributed by atoms with Crippen molar-refractivity contribution in [2.75, 3.05) is 0 Å². The first-order valence-corrected chi connectivity index (χ1v) is 4.04. The smallest absolute Gasteiger partial charge is 0.376 e. The van der Waals surface area contributed by atoms with Gasteiger partial charge >= 0.3 is 11.9 Å². The Balaban J connectivity index is 4.82. The molecule has 0 bridgehead atoms. The van der Waals surface area contributed by atoms with Crippen LogP contribution in [0.3, 0.4) is 0 Å². The quantitative estimate of drug-likeness (QED) is 0.503. The molecule has 5 heteroatoms. The predicted octanol–water partition coefficient (Wildman–Crippen LogP) is 0.697. The van der Waals surface area contributed by atoms with Crippen LogP contribution in [0, 0.1) is 5.92 Å². The highest BCUT2D eigenvalue weighted by atomic mass is 16.4. The minimum absolute atomic E-state index is 0.0624. The van der Waals surface area contributed by atoms with Gasteiger partial charge in [-0.15, -0.1) is 0 Å². The summed E-state index contributed by atoms with van der Waals surface area (Å²) < 4.78 is 0. The van der Waals surface area contributed by atoms with Crippen LogP contribution in [0.5, 0.6) is 0 Å². The molecule has 0 radical (unpaired) electrons. The molecule has 0 aliphatic heterocycles. The number of Topliss-reactive ketones (excluding diaryl/α,β-unsaturated/α-hetero) is 1. The minimum Gasteiger partial charge on any atom is -0.481 e. The van der Waals surface area contributed by atoms with E-state index in [9.17, 15) is 14.4 Å². The molecule has 0 atom stereocenters. The van der Waals surface area contributed by atoms with Crippen LogP contribution in [-0.2, 0) is 14.4 Å². The van der Waals surface area contributed by atoms with Crippen molar-refractivity contribution in [2.24, 2.45) is 5.92 Å². The summed E-state index contributed by atoms with van der Waals surface area (Å²) in [5, 5.41) is 16.8. The number of aliphatic carboxylic acids is 2. The lowest BCUT2D eigenvalue weighted by Crippen LogP contribution is -2.18. The molecule has 0 aromatic heterocycles. The second kappa shape index (κ2) is 5.16. The number of carbonyl (C=O) groups is 3. The van der Waals surface area contributed by atoms with E-state index < -0.39 is 24.1 Å². The van der Waals surface area contributed by atoms with Gasteiger partial charge in [-0.2, -0.15) is 0 Å². The fourth-order valence-electron chi connectivity index (χ4n) is 0.918. The van der Waals surface area contributed by atoms with Crippen molar-refractivity contribution >= 4 is 17.7 Å². The van der Waals surface area contributed by atoms with Crippen molar-refractivity contribution in [2.45, 2.75) is 20.3 Å². The van der Waals surface area contributed by atoms with Crippen molar-refractivity contribution in [3.8, 4) is 0 Å². The zero-order valence-electron chi connectivity index (χ0n) is 7.98. The molecule has 0 heterocycles. The van der Waals surface area contributed by atoms with Gasteiger partial charge in [0.1, 0.15) is 0 Å². The summed E-state index contributed by atoms with van der Waals surface area (Å²) >= 11 is 0. The molecule has 0 fully saturated rings. The van der Waals surface area contributed by atoms with Crippen molar-refractivity contribution in [1.82, 2.24) is 0 Å². The van der Waals surface area contributed by atoms with Crippen LogP contribution in [-0.4, -0.2) is 27.9 Å². The number of allylic oxidation sites excluding steroid dienone is 1. The molecular weight excluding hydrogens is 188 g/mol. The molecule has 0 amide bonds. The van der Waals surface area contributed by atoms with Gasteiger partial charge in [0.05, 0.1) is 6.42 Å². The predicted molar refractivity (Wildman–Crippen MR) is 47.8 cm³/mol. The third-order valence-electron chi connectivity index (χ3n) is 1.36. The number of carboxylic acid groups (broad SMARTS) is 2. The van der Waals surface area contributed by atoms with E-state index in [0.717, 1.165) is 0 Å². The summed E-state index contributed by atoms with van der Waals surface area (Å²) in [5.41, 5.74) is -0.181. The van der Waals surface area contributed by atoms with Gasteiger partial charge in [0.15, 0.2) is 0 Å². The zero-order valence-corrected chi connectivity index (χ0v) is 7.98. The lowest BCUT2D eigenvalue weighted by atomic mass is 10.0. The minimum atomic E-state index is -1.63. The molecule has 2 N–H and O–H groups in total. The molecule has 0 aliphatic rings. The third-order valence-corrected chi connectivity index (χ3v) is 1.36. The fraction of sp³-hybridized carbons (Fsp3) is 0.444. The summed E-state index contributed by atoms with van der Waals surface area (Å²) in [7, 11) is 0. The summed E-state index contributed by atoms with van der Waals surface area (Å²) in [4.78, 5) is 31.6. The molecule has 0 saturated carbocycles. The Hall–Kier alpha value is -1.65. The number of rotatable bonds is 5. The van der Waals surface area contributed by atoms with Crippen molar-refractivity contribution in [1.29, 1.82) is 0 Å². The van der Waals surface area contributed by atoms with E-state index >= 15 is 0 Å². The molecule has 0 aromatic rings. The van der Waals surface area contributed by atoms with E-state index in [1.807, 2.05) is 0 Å². The molecule has 0 aliphatic carbocycles. The number of hydrogen-bond acceptors (Lipinski definition) is 3. The van der Waals surface area contributed by atoms with Crippen LogP contribution in [0.15, 0.2) is 11.6 Å². The van der Waals surface area contributed by atoms with Gasteiger partial charge in [-0.25, -0.2) is 4.79 Å². The second-order valence-corrected chi connectivity index (χ2v) is 3.14. The van der Waals surface area contributed by atoms with Crippen LogP contribution < -0.4 is 0 Å². The average Bonchev–Trinajstić information content (AvgIpc) is 1.99. The lowest BCUT2D eigenvalue weighted by Gasteiger charge is -2.02. The Morgan fingerprint density at radius 1 is 1.21 bits per heavy atom. The van der Waals surface area contributed by atoms with Gasteiger partial charge in [0, 0.05) is 5.57 Å². The molecule has 0 rings (SSSR count). The van der Waals surface area contributed by atoms with E-state index in [1.165, 1.54) is 6.08 Å². The van der Waals surface area contributed by atoms with E-state index in [1.54, 1.807) is 13.8 Å². The van der Waals surface area contributed by atoms with E-state index in [0.29, 0.717) is 0 Å². The van der Waals surface area contributed by atoms with Crippen LogP contribution in [0.4, 0.5) is 0 Å². The summed E-state index contributed by atoms with van der Waals surface area (Å²) in [6, 6.07) is 0. The first kappa shape index (κ1) is 12.3. The Bertz CT molecular complexity index is 288. The molecule has 14 heavy (non-hydrogen) atoms. The monoisotopic (exact) mass is 200 g/mol. The standard InChI is InChI=1S/C9H12O5/c1-5(2)3-6(4-7(10)11)8(12)9(13)14/h3,5H,4H2,1-2H3,(H,10,11)(H,13,14)/b6-3+. The molecule has 0 saturated heterocycles. The highest BCUT2D eigenvalue weighted by molar-refractivity contribution is 6.40. The number of carboxylic acids is 2. The first-order chi connectivity index (χ1) is 6.34. The lowest BCUT2D eigenvalue weighted by molar-refractivity contribution is -0.147. The van der Waals surface area contributed by atoms with Gasteiger partial charge in [-0.3, -0.25) is 9.59 Å². The fourth-order valence-corrected chi connectivity index (χ4v) is 0.918. The molecule has 0 spiro atoms. The van der Waals surface area contributed by atoms with Gasteiger partial charge in [0.25, 0.3) is 5.78 Å². The van der Waals surface area contributed by atoms with Crippen molar-refractivity contribution in [3.63, 3.8) is 0 Å².